The lowest BCUT2D eigenvalue weighted by Gasteiger charge is -2.34. The van der Waals surface area contributed by atoms with Gasteiger partial charge in [0.1, 0.15) is 0 Å². The number of benzene rings is 1. The quantitative estimate of drug-likeness (QED) is 0.845. The number of piperidine rings is 1. The van der Waals surface area contributed by atoms with Crippen LogP contribution in [0.1, 0.15) is 32.6 Å². The number of fused-ring (bicyclic) bond motifs is 1. The van der Waals surface area contributed by atoms with E-state index in [1.807, 2.05) is 36.1 Å². The number of aromatic nitrogens is 2. The molecule has 1 amide bonds. The Morgan fingerprint density at radius 3 is 2.38 bits per heavy atom. The minimum absolute atomic E-state index is 0.147. The molecule has 6 heteroatoms. The summed E-state index contributed by atoms with van der Waals surface area (Å²) in [6.45, 7) is 6.02. The molecule has 2 aliphatic heterocycles. The predicted molar refractivity (Wildman–Crippen MR) is 101 cm³/mol. The molecule has 4 rings (SSSR count). The Morgan fingerprint density at radius 2 is 1.73 bits per heavy atom. The Hall–Kier alpha value is -2.37. The second-order valence-corrected chi connectivity index (χ2v) is 7.07. The molecule has 3 heterocycles. The van der Waals surface area contributed by atoms with Crippen LogP contribution >= 0.6 is 0 Å². The van der Waals surface area contributed by atoms with Crippen molar-refractivity contribution in [3.8, 4) is 5.88 Å². The van der Waals surface area contributed by atoms with E-state index in [1.165, 1.54) is 0 Å². The molecule has 6 nitrogen and oxygen atoms in total. The molecule has 0 aliphatic carbocycles. The number of likely N-dealkylation sites (tertiary alicyclic amines) is 1. The first-order valence-electron chi connectivity index (χ1n) is 9.69. The molecule has 1 aromatic heterocycles. The van der Waals surface area contributed by atoms with Crippen molar-refractivity contribution < 1.29 is 9.53 Å². The van der Waals surface area contributed by atoms with Gasteiger partial charge in [-0.2, -0.15) is 0 Å². The highest BCUT2D eigenvalue weighted by Gasteiger charge is 2.31. The lowest BCUT2D eigenvalue weighted by Crippen LogP contribution is -2.42. The van der Waals surface area contributed by atoms with Gasteiger partial charge in [0, 0.05) is 32.1 Å². The Kier molecular flexibility index (Phi) is 4.91. The largest absolute Gasteiger partial charge is 0.475 e. The number of carbonyl (C=O) groups excluding carboxylic acids is 1. The van der Waals surface area contributed by atoms with E-state index in [2.05, 4.69) is 9.88 Å². The molecular weight excluding hydrogens is 328 g/mol. The number of para-hydroxylation sites is 2. The molecule has 1 aromatic carbocycles. The summed E-state index contributed by atoms with van der Waals surface area (Å²) in [5.74, 6) is 1.89. The van der Waals surface area contributed by atoms with Gasteiger partial charge in [-0.3, -0.25) is 4.79 Å². The Labute approximate surface area is 154 Å². The topological polar surface area (TPSA) is 58.6 Å². The Balaban J connectivity index is 1.51. The number of nitrogens with zero attached hydrogens (tertiary/aromatic N) is 4. The van der Waals surface area contributed by atoms with Gasteiger partial charge in [0.2, 0.25) is 5.91 Å². The average Bonchev–Trinajstić information content (AvgIpc) is 3.22. The maximum absolute atomic E-state index is 12.6. The number of anilines is 1. The standard InChI is InChI=1S/C20H26N4O2/c1-2-26-19-18(21-16-7-3-4-8-17(16)22-19)23-13-9-15(10-14-23)20(25)24-11-5-6-12-24/h3-4,7-8,15H,2,5-6,9-14H2,1H3. The van der Waals surface area contributed by atoms with E-state index in [-0.39, 0.29) is 5.92 Å². The van der Waals surface area contributed by atoms with Crippen molar-refractivity contribution in [2.45, 2.75) is 32.6 Å². The van der Waals surface area contributed by atoms with Crippen LogP contribution in [-0.2, 0) is 4.79 Å². The fraction of sp³-hybridized carbons (Fsp3) is 0.550. The van der Waals surface area contributed by atoms with E-state index < -0.39 is 0 Å². The van der Waals surface area contributed by atoms with Crippen LogP contribution in [0.2, 0.25) is 0 Å². The van der Waals surface area contributed by atoms with Crippen LogP contribution < -0.4 is 9.64 Å². The molecule has 0 saturated carbocycles. The van der Waals surface area contributed by atoms with Crippen molar-refractivity contribution in [2.24, 2.45) is 5.92 Å². The van der Waals surface area contributed by atoms with Gasteiger partial charge in [-0.05, 0) is 44.7 Å². The minimum Gasteiger partial charge on any atom is -0.475 e. The number of hydrogen-bond donors (Lipinski definition) is 0. The molecule has 0 spiro atoms. The highest BCUT2D eigenvalue weighted by Crippen LogP contribution is 2.31. The van der Waals surface area contributed by atoms with Gasteiger partial charge in [-0.15, -0.1) is 0 Å². The van der Waals surface area contributed by atoms with Crippen molar-refractivity contribution >= 4 is 22.8 Å². The fourth-order valence-electron chi connectivity index (χ4n) is 3.95. The number of rotatable bonds is 4. The molecule has 2 aliphatic rings. The molecule has 0 radical (unpaired) electrons. The smallest absolute Gasteiger partial charge is 0.258 e. The highest BCUT2D eigenvalue weighted by atomic mass is 16.5. The first kappa shape index (κ1) is 17.1. The first-order chi connectivity index (χ1) is 12.8. The third-order valence-corrected chi connectivity index (χ3v) is 5.36. The first-order valence-corrected chi connectivity index (χ1v) is 9.69. The zero-order chi connectivity index (χ0) is 17.9. The summed E-state index contributed by atoms with van der Waals surface area (Å²) < 4.78 is 5.76. The number of ether oxygens (including phenoxy) is 1. The lowest BCUT2D eigenvalue weighted by atomic mass is 9.95. The van der Waals surface area contributed by atoms with Crippen molar-refractivity contribution in [1.29, 1.82) is 0 Å². The van der Waals surface area contributed by atoms with Gasteiger partial charge in [-0.25, -0.2) is 9.97 Å². The second-order valence-electron chi connectivity index (χ2n) is 7.07. The summed E-state index contributed by atoms with van der Waals surface area (Å²) in [7, 11) is 0. The van der Waals surface area contributed by atoms with Gasteiger partial charge >= 0.3 is 0 Å². The summed E-state index contributed by atoms with van der Waals surface area (Å²) >= 11 is 0. The summed E-state index contributed by atoms with van der Waals surface area (Å²) in [5, 5.41) is 0. The lowest BCUT2D eigenvalue weighted by molar-refractivity contribution is -0.135. The van der Waals surface area contributed by atoms with Gasteiger partial charge in [-0.1, -0.05) is 12.1 Å². The second kappa shape index (κ2) is 7.48. The van der Waals surface area contributed by atoms with Crippen LogP contribution in [-0.4, -0.2) is 53.6 Å². The van der Waals surface area contributed by atoms with Crippen LogP contribution in [0.5, 0.6) is 5.88 Å². The van der Waals surface area contributed by atoms with Crippen LogP contribution in [0.4, 0.5) is 5.82 Å². The van der Waals surface area contributed by atoms with E-state index in [0.29, 0.717) is 18.4 Å². The van der Waals surface area contributed by atoms with Gasteiger partial charge < -0.3 is 14.5 Å². The SMILES string of the molecule is CCOc1nc2ccccc2nc1N1CCC(C(=O)N2CCCC2)CC1. The summed E-state index contributed by atoms with van der Waals surface area (Å²) in [6.07, 6.45) is 4.04. The maximum Gasteiger partial charge on any atom is 0.258 e. The molecule has 0 bridgehead atoms. The average molecular weight is 354 g/mol. The molecular formula is C20H26N4O2. The minimum atomic E-state index is 0.147. The Bertz CT molecular complexity index is 780. The van der Waals surface area contributed by atoms with Crippen molar-refractivity contribution in [1.82, 2.24) is 14.9 Å². The number of amides is 1. The number of hydrogen-bond acceptors (Lipinski definition) is 5. The molecule has 138 valence electrons. The van der Waals surface area contributed by atoms with Crippen LogP contribution in [0.15, 0.2) is 24.3 Å². The Morgan fingerprint density at radius 1 is 1.08 bits per heavy atom. The molecule has 0 atom stereocenters. The van der Waals surface area contributed by atoms with Gasteiger partial charge in [0.15, 0.2) is 5.82 Å². The molecule has 26 heavy (non-hydrogen) atoms. The zero-order valence-corrected chi connectivity index (χ0v) is 15.4. The third-order valence-electron chi connectivity index (χ3n) is 5.36. The van der Waals surface area contributed by atoms with Crippen molar-refractivity contribution in [3.63, 3.8) is 0 Å². The zero-order valence-electron chi connectivity index (χ0n) is 15.4. The monoisotopic (exact) mass is 354 g/mol. The van der Waals surface area contributed by atoms with Crippen molar-refractivity contribution in [2.75, 3.05) is 37.7 Å². The summed E-state index contributed by atoms with van der Waals surface area (Å²) in [6, 6.07) is 7.87. The highest BCUT2D eigenvalue weighted by molar-refractivity contribution is 5.80. The van der Waals surface area contributed by atoms with Gasteiger partial charge in [0.05, 0.1) is 17.6 Å². The molecule has 2 aromatic rings. The van der Waals surface area contributed by atoms with Crippen LogP contribution in [0.3, 0.4) is 0 Å². The van der Waals surface area contributed by atoms with Crippen LogP contribution in [0.25, 0.3) is 11.0 Å². The molecule has 0 N–H and O–H groups in total. The predicted octanol–water partition coefficient (Wildman–Crippen LogP) is 2.87. The van der Waals surface area contributed by atoms with E-state index in [4.69, 9.17) is 9.72 Å². The van der Waals surface area contributed by atoms with Gasteiger partial charge in [0.25, 0.3) is 5.88 Å². The van der Waals surface area contributed by atoms with E-state index in [1.54, 1.807) is 0 Å². The molecule has 2 fully saturated rings. The number of carbonyl (C=O) groups is 1. The van der Waals surface area contributed by atoms with E-state index >= 15 is 0 Å². The van der Waals surface area contributed by atoms with E-state index in [9.17, 15) is 4.79 Å². The van der Waals surface area contributed by atoms with E-state index in [0.717, 1.165) is 68.7 Å². The normalized spacial score (nSPS) is 18.5. The summed E-state index contributed by atoms with van der Waals surface area (Å²) in [5.41, 5.74) is 1.72. The van der Waals surface area contributed by atoms with Crippen LogP contribution in [0, 0.1) is 5.92 Å². The third kappa shape index (κ3) is 3.32. The maximum atomic E-state index is 12.6. The summed E-state index contributed by atoms with van der Waals surface area (Å²) in [4.78, 5) is 26.4. The molecule has 2 saturated heterocycles. The molecule has 0 unspecified atom stereocenters. The van der Waals surface area contributed by atoms with Crippen molar-refractivity contribution in [3.05, 3.63) is 24.3 Å². The fourth-order valence-corrected chi connectivity index (χ4v) is 3.95.